The summed E-state index contributed by atoms with van der Waals surface area (Å²) in [4.78, 5) is 0. The minimum Gasteiger partial charge on any atom is -0.491 e. The predicted molar refractivity (Wildman–Crippen MR) is 134 cm³/mol. The van der Waals surface area contributed by atoms with Crippen LogP contribution in [0.25, 0.3) is 16.7 Å². The van der Waals surface area contributed by atoms with Crippen LogP contribution in [-0.2, 0) is 0 Å². The Morgan fingerprint density at radius 1 is 0.684 bits per heavy atom. The van der Waals surface area contributed by atoms with E-state index >= 15 is 8.78 Å². The van der Waals surface area contributed by atoms with Crippen molar-refractivity contribution < 1.29 is 35.8 Å². The topological polar surface area (TPSA) is 18.5 Å². The Bertz CT molecular complexity index is 1350. The maximum atomic E-state index is 15.1. The van der Waals surface area contributed by atoms with Gasteiger partial charge >= 0.3 is 0 Å². The van der Waals surface area contributed by atoms with Crippen molar-refractivity contribution in [2.24, 2.45) is 0 Å². The number of benzene rings is 3. The Labute approximate surface area is 217 Å². The smallest absolute Gasteiger partial charge is 0.201 e. The molecule has 0 aromatic heterocycles. The van der Waals surface area contributed by atoms with Crippen LogP contribution in [0.4, 0.5) is 26.3 Å². The summed E-state index contributed by atoms with van der Waals surface area (Å²) in [6.45, 7) is 3.98. The summed E-state index contributed by atoms with van der Waals surface area (Å²) in [6, 6.07) is 7.75. The fourth-order valence-electron chi connectivity index (χ4n) is 4.67. The first kappa shape index (κ1) is 27.6. The van der Waals surface area contributed by atoms with Crippen molar-refractivity contribution in [2.45, 2.75) is 51.9 Å². The van der Waals surface area contributed by atoms with Gasteiger partial charge in [-0.15, -0.1) is 0 Å². The molecule has 0 fully saturated rings. The first-order valence-electron chi connectivity index (χ1n) is 12.7. The molecular formula is C30H28F6O2. The van der Waals surface area contributed by atoms with Crippen LogP contribution in [0.5, 0.6) is 11.5 Å². The van der Waals surface area contributed by atoms with E-state index in [-0.39, 0.29) is 42.3 Å². The van der Waals surface area contributed by atoms with Gasteiger partial charge in [0.1, 0.15) is 0 Å². The van der Waals surface area contributed by atoms with Crippen molar-refractivity contribution in [3.63, 3.8) is 0 Å². The summed E-state index contributed by atoms with van der Waals surface area (Å²) in [5.74, 6) is -7.98. The Morgan fingerprint density at radius 3 is 1.87 bits per heavy atom. The van der Waals surface area contributed by atoms with E-state index in [0.29, 0.717) is 18.4 Å². The fourth-order valence-corrected chi connectivity index (χ4v) is 4.67. The van der Waals surface area contributed by atoms with E-state index in [1.807, 2.05) is 6.92 Å². The molecule has 0 spiro atoms. The minimum atomic E-state index is -1.33. The van der Waals surface area contributed by atoms with Crippen LogP contribution in [0, 0.1) is 34.9 Å². The third-order valence-corrected chi connectivity index (χ3v) is 6.75. The predicted octanol–water partition coefficient (Wildman–Crippen LogP) is 9.12. The lowest BCUT2D eigenvalue weighted by Gasteiger charge is -2.24. The van der Waals surface area contributed by atoms with Crippen LogP contribution < -0.4 is 9.47 Å². The quantitative estimate of drug-likeness (QED) is 0.201. The minimum absolute atomic E-state index is 0.0830. The average Bonchev–Trinajstić information content (AvgIpc) is 2.92. The third-order valence-electron chi connectivity index (χ3n) is 6.75. The van der Waals surface area contributed by atoms with Gasteiger partial charge in [-0.3, -0.25) is 0 Å². The maximum absolute atomic E-state index is 15.1. The van der Waals surface area contributed by atoms with E-state index in [9.17, 15) is 17.6 Å². The lowest BCUT2D eigenvalue weighted by molar-refractivity contribution is 0.288. The van der Waals surface area contributed by atoms with Crippen LogP contribution >= 0.6 is 0 Å². The molecular weight excluding hydrogens is 506 g/mol. The Morgan fingerprint density at radius 2 is 1.26 bits per heavy atom. The molecule has 0 saturated carbocycles. The Hall–Kier alpha value is -3.42. The normalized spacial score (nSPS) is 15.4. The monoisotopic (exact) mass is 534 g/mol. The Balaban J connectivity index is 1.55. The van der Waals surface area contributed by atoms with Crippen molar-refractivity contribution >= 4 is 5.57 Å². The molecule has 0 heterocycles. The number of allylic oxidation sites excluding steroid dienone is 2. The summed E-state index contributed by atoms with van der Waals surface area (Å²) in [7, 11) is 0. The number of hydrogen-bond donors (Lipinski definition) is 0. The second-order valence-electron chi connectivity index (χ2n) is 9.14. The molecule has 2 nitrogen and oxygen atoms in total. The molecule has 1 atom stereocenters. The molecule has 1 aliphatic carbocycles. The molecule has 202 valence electrons. The number of unbranched alkanes of at least 4 members (excludes halogenated alkanes) is 1. The van der Waals surface area contributed by atoms with Crippen molar-refractivity contribution in [2.75, 3.05) is 13.2 Å². The molecule has 0 amide bonds. The second kappa shape index (κ2) is 12.0. The van der Waals surface area contributed by atoms with E-state index in [4.69, 9.17) is 9.47 Å². The molecule has 3 aromatic carbocycles. The van der Waals surface area contributed by atoms with Gasteiger partial charge in [-0.25, -0.2) is 17.6 Å². The number of hydrogen-bond acceptors (Lipinski definition) is 2. The Kier molecular flexibility index (Phi) is 8.69. The molecule has 1 aliphatic rings. The van der Waals surface area contributed by atoms with Crippen LogP contribution in [0.15, 0.2) is 42.5 Å². The molecule has 3 aromatic rings. The van der Waals surface area contributed by atoms with Crippen molar-refractivity contribution in [1.29, 1.82) is 0 Å². The summed E-state index contributed by atoms with van der Waals surface area (Å²) < 4.78 is 98.6. The van der Waals surface area contributed by atoms with Gasteiger partial charge in [-0.05, 0) is 73.9 Å². The van der Waals surface area contributed by atoms with E-state index in [1.54, 1.807) is 13.0 Å². The summed E-state index contributed by atoms with van der Waals surface area (Å²) in [5, 5.41) is 0. The molecule has 8 heteroatoms. The zero-order chi connectivity index (χ0) is 27.4. The third kappa shape index (κ3) is 5.40. The first-order valence-corrected chi connectivity index (χ1v) is 12.7. The molecule has 0 aliphatic heterocycles. The second-order valence-corrected chi connectivity index (χ2v) is 9.14. The fraction of sp³-hybridized carbons (Fsp3) is 0.333. The molecule has 0 radical (unpaired) electrons. The zero-order valence-corrected chi connectivity index (χ0v) is 21.2. The zero-order valence-electron chi connectivity index (χ0n) is 21.2. The molecule has 38 heavy (non-hydrogen) atoms. The molecule has 4 rings (SSSR count). The maximum Gasteiger partial charge on any atom is 0.201 e. The standard InChI is InChI=1S/C30H28F6O2/c1-3-5-16-38-24-14-12-20(26(32)30(24)36)18-8-6-17(7-9-18)19-10-11-21(27(33)25(19)31)22-13-15-23(37-4-2)29(35)28(22)34/h8,10-15,17H,3-7,9,16H2,1-2H3. The van der Waals surface area contributed by atoms with E-state index < -0.39 is 51.9 Å². The van der Waals surface area contributed by atoms with Crippen molar-refractivity contribution in [3.8, 4) is 22.6 Å². The molecule has 0 N–H and O–H groups in total. The molecule has 1 unspecified atom stereocenters. The highest BCUT2D eigenvalue weighted by Crippen LogP contribution is 2.41. The van der Waals surface area contributed by atoms with Crippen LogP contribution in [0.3, 0.4) is 0 Å². The highest BCUT2D eigenvalue weighted by molar-refractivity contribution is 5.69. The van der Waals surface area contributed by atoms with Gasteiger partial charge in [0.05, 0.1) is 13.2 Å². The first-order chi connectivity index (χ1) is 18.3. The lowest BCUT2D eigenvalue weighted by atomic mass is 9.82. The summed E-state index contributed by atoms with van der Waals surface area (Å²) in [5.41, 5.74) is -0.0587. The molecule has 0 bridgehead atoms. The molecule has 0 saturated heterocycles. The summed E-state index contributed by atoms with van der Waals surface area (Å²) in [6.07, 6.45) is 4.23. The van der Waals surface area contributed by atoms with Crippen LogP contribution in [-0.4, -0.2) is 13.2 Å². The van der Waals surface area contributed by atoms with Gasteiger partial charge in [0.15, 0.2) is 34.8 Å². The van der Waals surface area contributed by atoms with Gasteiger partial charge in [-0.2, -0.15) is 8.78 Å². The van der Waals surface area contributed by atoms with Crippen LogP contribution in [0.1, 0.15) is 63.0 Å². The lowest BCUT2D eigenvalue weighted by Crippen LogP contribution is -2.09. The summed E-state index contributed by atoms with van der Waals surface area (Å²) >= 11 is 0. The van der Waals surface area contributed by atoms with E-state index in [2.05, 4.69) is 0 Å². The number of rotatable bonds is 9. The van der Waals surface area contributed by atoms with Crippen LogP contribution in [0.2, 0.25) is 0 Å². The van der Waals surface area contributed by atoms with Crippen molar-refractivity contribution in [3.05, 3.63) is 88.5 Å². The number of halogens is 6. The SMILES string of the molecule is CCCCOc1ccc(C2=CCC(c3ccc(-c4ccc(OCC)c(F)c4F)c(F)c3F)CC2)c(F)c1F. The number of ether oxygens (including phenoxy) is 2. The van der Waals surface area contributed by atoms with E-state index in [0.717, 1.165) is 18.9 Å². The van der Waals surface area contributed by atoms with Gasteiger partial charge in [0, 0.05) is 16.7 Å². The van der Waals surface area contributed by atoms with E-state index in [1.165, 1.54) is 30.3 Å². The average molecular weight is 535 g/mol. The van der Waals surface area contributed by atoms with Crippen molar-refractivity contribution in [1.82, 2.24) is 0 Å². The highest BCUT2D eigenvalue weighted by Gasteiger charge is 2.27. The van der Waals surface area contributed by atoms with Gasteiger partial charge in [0.25, 0.3) is 0 Å². The van der Waals surface area contributed by atoms with Gasteiger partial charge in [0.2, 0.25) is 11.6 Å². The largest absolute Gasteiger partial charge is 0.491 e. The van der Waals surface area contributed by atoms with Gasteiger partial charge < -0.3 is 9.47 Å². The van der Waals surface area contributed by atoms with Gasteiger partial charge in [-0.1, -0.05) is 31.6 Å². The highest BCUT2D eigenvalue weighted by atomic mass is 19.2.